The zero-order valence-corrected chi connectivity index (χ0v) is 14.1. The maximum absolute atomic E-state index is 12.5. The Kier molecular flexibility index (Phi) is 3.73. The molecular formula is C15H14N2O4S2. The molecule has 6 nitrogen and oxygen atoms in total. The van der Waals surface area contributed by atoms with E-state index in [9.17, 15) is 18.3 Å². The van der Waals surface area contributed by atoms with Gasteiger partial charge in [0.05, 0.1) is 11.3 Å². The number of carbonyl (C=O) groups excluding carboxylic acids is 1. The highest BCUT2D eigenvalue weighted by Gasteiger charge is 2.37. The van der Waals surface area contributed by atoms with Crippen LogP contribution in [0.3, 0.4) is 0 Å². The van der Waals surface area contributed by atoms with Crippen LogP contribution in [-0.2, 0) is 21.2 Å². The molecule has 0 bridgehead atoms. The molecule has 0 unspecified atom stereocenters. The number of benzene rings is 1. The number of aliphatic hydroxyl groups excluding tert-OH is 1. The summed E-state index contributed by atoms with van der Waals surface area (Å²) in [5, 5.41) is 11.0. The zero-order chi connectivity index (χ0) is 16.8. The summed E-state index contributed by atoms with van der Waals surface area (Å²) in [7, 11) is -2.59. The molecule has 1 N–H and O–H groups in total. The van der Waals surface area contributed by atoms with Crippen molar-refractivity contribution in [2.24, 2.45) is 0 Å². The summed E-state index contributed by atoms with van der Waals surface area (Å²) in [4.78, 5) is 17.6. The van der Waals surface area contributed by atoms with Crippen molar-refractivity contribution in [3.63, 3.8) is 0 Å². The number of rotatable bonds is 3. The molecule has 0 amide bonds. The van der Waals surface area contributed by atoms with Crippen molar-refractivity contribution in [1.29, 1.82) is 0 Å². The van der Waals surface area contributed by atoms with Crippen LogP contribution in [0.25, 0.3) is 5.76 Å². The maximum atomic E-state index is 12.5. The predicted octanol–water partition coefficient (Wildman–Crippen LogP) is 2.12. The van der Waals surface area contributed by atoms with Crippen molar-refractivity contribution in [2.75, 3.05) is 7.05 Å². The molecule has 0 saturated carbocycles. The van der Waals surface area contributed by atoms with Crippen LogP contribution in [0.2, 0.25) is 0 Å². The highest BCUT2D eigenvalue weighted by molar-refractivity contribution is 7.89. The quantitative estimate of drug-likeness (QED) is 0.916. The predicted molar refractivity (Wildman–Crippen MR) is 86.5 cm³/mol. The number of aliphatic hydroxyl groups is 1. The van der Waals surface area contributed by atoms with Crippen molar-refractivity contribution in [3.8, 4) is 0 Å². The summed E-state index contributed by atoms with van der Waals surface area (Å²) in [6, 6.07) is 6.07. The minimum atomic E-state index is -3.86. The molecule has 0 radical (unpaired) electrons. The van der Waals surface area contributed by atoms with E-state index in [1.165, 1.54) is 30.5 Å². The number of hydrogen-bond donors (Lipinski definition) is 1. The fourth-order valence-electron chi connectivity index (χ4n) is 2.44. The zero-order valence-electron chi connectivity index (χ0n) is 12.5. The molecule has 1 aliphatic heterocycles. The molecule has 8 heteroatoms. The minimum absolute atomic E-state index is 0.0124. The highest BCUT2D eigenvalue weighted by atomic mass is 32.2. The largest absolute Gasteiger partial charge is 0.505 e. The number of ketones is 1. The van der Waals surface area contributed by atoms with E-state index in [0.717, 1.165) is 9.18 Å². The van der Waals surface area contributed by atoms with Gasteiger partial charge in [-0.15, -0.1) is 11.3 Å². The van der Waals surface area contributed by atoms with Gasteiger partial charge in [0.2, 0.25) is 0 Å². The molecule has 120 valence electrons. The van der Waals surface area contributed by atoms with Crippen molar-refractivity contribution >= 4 is 32.9 Å². The number of sulfonamides is 1. The Morgan fingerprint density at radius 1 is 1.35 bits per heavy atom. The number of nitrogens with zero attached hydrogens (tertiary/aromatic N) is 2. The van der Waals surface area contributed by atoms with Gasteiger partial charge in [-0.2, -0.15) is 0 Å². The highest BCUT2D eigenvalue weighted by Crippen LogP contribution is 2.35. The molecule has 2 aromatic rings. The first kappa shape index (κ1) is 15.7. The van der Waals surface area contributed by atoms with Gasteiger partial charge in [0.1, 0.15) is 10.7 Å². The van der Waals surface area contributed by atoms with Crippen LogP contribution in [0, 0.1) is 6.92 Å². The molecule has 0 saturated heterocycles. The minimum Gasteiger partial charge on any atom is -0.505 e. The number of fused-ring (bicyclic) bond motifs is 1. The topological polar surface area (TPSA) is 87.6 Å². The van der Waals surface area contributed by atoms with Crippen LogP contribution in [0.1, 0.15) is 15.4 Å². The van der Waals surface area contributed by atoms with Crippen LogP contribution < -0.4 is 0 Å². The molecular weight excluding hydrogens is 336 g/mol. The van der Waals surface area contributed by atoms with Gasteiger partial charge in [0, 0.05) is 23.7 Å². The number of hydrogen-bond acceptors (Lipinski definition) is 6. The lowest BCUT2D eigenvalue weighted by atomic mass is 10.1. The molecule has 23 heavy (non-hydrogen) atoms. The van der Waals surface area contributed by atoms with Crippen LogP contribution >= 0.6 is 11.3 Å². The van der Waals surface area contributed by atoms with Crippen LogP contribution in [0.5, 0.6) is 0 Å². The van der Waals surface area contributed by atoms with Crippen LogP contribution in [0.15, 0.2) is 41.1 Å². The van der Waals surface area contributed by atoms with Gasteiger partial charge in [0.15, 0.2) is 11.5 Å². The average molecular weight is 350 g/mol. The van der Waals surface area contributed by atoms with Crippen molar-refractivity contribution in [3.05, 3.63) is 51.6 Å². The van der Waals surface area contributed by atoms with E-state index in [4.69, 9.17) is 0 Å². The number of carbonyl (C=O) groups is 1. The summed E-state index contributed by atoms with van der Waals surface area (Å²) in [5.74, 6) is -0.811. The Morgan fingerprint density at radius 2 is 2.04 bits per heavy atom. The summed E-state index contributed by atoms with van der Waals surface area (Å²) >= 11 is 1.36. The number of likely N-dealkylation sites (N-methyl/N-ethyl adjacent to an activating group) is 1. The van der Waals surface area contributed by atoms with Gasteiger partial charge in [-0.25, -0.2) is 13.4 Å². The second-order valence-corrected chi connectivity index (χ2v) is 8.39. The van der Waals surface area contributed by atoms with E-state index >= 15 is 0 Å². The fraction of sp³-hybridized carbons (Fsp3) is 0.200. The Labute approximate surface area is 137 Å². The first-order valence-corrected chi connectivity index (χ1v) is 9.04. The third-order valence-corrected chi connectivity index (χ3v) is 6.29. The molecule has 1 aromatic carbocycles. The Morgan fingerprint density at radius 3 is 2.70 bits per heavy atom. The normalized spacial score (nSPS) is 16.3. The molecule has 3 rings (SSSR count). The summed E-state index contributed by atoms with van der Waals surface area (Å²) in [6.07, 6.45) is 1.60. The van der Waals surface area contributed by atoms with Gasteiger partial charge < -0.3 is 5.11 Å². The van der Waals surface area contributed by atoms with Gasteiger partial charge in [-0.05, 0) is 19.1 Å². The molecule has 1 aromatic heterocycles. The number of aryl methyl sites for hydroxylation is 1. The molecule has 1 aliphatic rings. The van der Waals surface area contributed by atoms with Crippen LogP contribution in [-0.4, -0.2) is 35.6 Å². The lowest BCUT2D eigenvalue weighted by Crippen LogP contribution is -2.35. The van der Waals surface area contributed by atoms with E-state index in [1.54, 1.807) is 18.3 Å². The lowest BCUT2D eigenvalue weighted by Gasteiger charge is -2.28. The Bertz CT molecular complexity index is 928. The number of Topliss-reactive ketones (excluding diaryl/α,β-unsaturated/α-hetero) is 1. The third-order valence-electron chi connectivity index (χ3n) is 3.56. The first-order valence-electron chi connectivity index (χ1n) is 6.78. The first-order chi connectivity index (χ1) is 10.8. The molecule has 2 heterocycles. The second-order valence-electron chi connectivity index (χ2n) is 5.13. The van der Waals surface area contributed by atoms with Crippen molar-refractivity contribution < 1.29 is 18.3 Å². The standard InChI is InChI=1S/C15H14N2O4S2/c1-9-8-16-13(22-9)7-11(18)14-15(19)10-5-3-4-6-12(10)23(20,21)17(14)2/h3-6,8,19H,7H2,1-2H3. The van der Waals surface area contributed by atoms with E-state index < -0.39 is 15.8 Å². The number of thiazole rings is 1. The average Bonchev–Trinajstić information content (AvgIpc) is 2.91. The molecule has 0 spiro atoms. The maximum Gasteiger partial charge on any atom is 0.265 e. The van der Waals surface area contributed by atoms with Gasteiger partial charge in [-0.1, -0.05) is 12.1 Å². The van der Waals surface area contributed by atoms with E-state index in [0.29, 0.717) is 5.01 Å². The van der Waals surface area contributed by atoms with Crippen molar-refractivity contribution in [2.45, 2.75) is 18.2 Å². The monoisotopic (exact) mass is 350 g/mol. The van der Waals surface area contributed by atoms with Gasteiger partial charge >= 0.3 is 0 Å². The number of aromatic nitrogens is 1. The lowest BCUT2D eigenvalue weighted by molar-refractivity contribution is -0.115. The summed E-state index contributed by atoms with van der Waals surface area (Å²) < 4.78 is 25.9. The van der Waals surface area contributed by atoms with E-state index in [-0.39, 0.29) is 28.3 Å². The van der Waals surface area contributed by atoms with Gasteiger partial charge in [-0.3, -0.25) is 9.10 Å². The number of allylic oxidation sites excluding steroid dienone is 1. The molecule has 0 fully saturated rings. The summed E-state index contributed by atoms with van der Waals surface area (Å²) in [6.45, 7) is 1.87. The fourth-order valence-corrected chi connectivity index (χ4v) is 4.65. The Hall–Kier alpha value is -2.19. The molecule has 0 atom stereocenters. The van der Waals surface area contributed by atoms with E-state index in [1.807, 2.05) is 6.92 Å². The Balaban J connectivity index is 2.09. The summed E-state index contributed by atoms with van der Waals surface area (Å²) in [5.41, 5.74) is -0.0826. The third kappa shape index (κ3) is 2.53. The smallest absolute Gasteiger partial charge is 0.265 e. The SMILES string of the molecule is Cc1cnc(CC(=O)C2=C(O)c3ccccc3S(=O)(=O)N2C)s1. The van der Waals surface area contributed by atoms with Gasteiger partial charge in [0.25, 0.3) is 10.0 Å². The molecule has 0 aliphatic carbocycles. The van der Waals surface area contributed by atoms with Crippen molar-refractivity contribution in [1.82, 2.24) is 9.29 Å². The van der Waals surface area contributed by atoms with Crippen LogP contribution in [0.4, 0.5) is 0 Å². The second kappa shape index (κ2) is 5.47. The van der Waals surface area contributed by atoms with E-state index in [2.05, 4.69) is 4.98 Å².